The lowest BCUT2D eigenvalue weighted by molar-refractivity contribution is -0.137. The maximum atomic E-state index is 12.3. The Hall–Kier alpha value is -0.736. The van der Waals surface area contributed by atoms with E-state index in [0.717, 1.165) is 19.3 Å². The SMILES string of the molecule is C/C=C/C[C@H](C)[C@@H](OC)[C@@H](C)[C@@H](C[C@@H](O[Si](C)(C)C(C)(C)C)[C@@H](/C=C\C(=O)OCC)CC)O[Si](C)(C)C(C)(C)C. The molecule has 5 nitrogen and oxygen atoms in total. The van der Waals surface area contributed by atoms with E-state index in [9.17, 15) is 4.79 Å². The van der Waals surface area contributed by atoms with Crippen LogP contribution in [-0.4, -0.2) is 54.6 Å². The van der Waals surface area contributed by atoms with E-state index in [1.165, 1.54) is 0 Å². The first-order valence-corrected chi connectivity index (χ1v) is 21.3. The molecular formula is C33H66O5Si2. The number of carbonyl (C=O) groups excluding carboxylic acids is 1. The number of methoxy groups -OCH3 is 1. The molecule has 7 heteroatoms. The normalized spacial score (nSPS) is 18.5. The molecule has 0 aromatic rings. The molecule has 0 unspecified atom stereocenters. The van der Waals surface area contributed by atoms with Crippen molar-refractivity contribution >= 4 is 22.6 Å². The fraction of sp³-hybridized carbons (Fsp3) is 0.848. The van der Waals surface area contributed by atoms with Gasteiger partial charge >= 0.3 is 5.97 Å². The average Bonchev–Trinajstić information content (AvgIpc) is 2.81. The summed E-state index contributed by atoms with van der Waals surface area (Å²) in [4.78, 5) is 12.3. The molecule has 0 rings (SSSR count). The number of allylic oxidation sites excluding steroid dienone is 2. The van der Waals surface area contributed by atoms with Crippen molar-refractivity contribution in [2.75, 3.05) is 13.7 Å². The first kappa shape index (κ1) is 39.3. The monoisotopic (exact) mass is 598 g/mol. The lowest BCUT2D eigenvalue weighted by atomic mass is 9.83. The second kappa shape index (κ2) is 16.8. The summed E-state index contributed by atoms with van der Waals surface area (Å²) in [6, 6.07) is 0. The highest BCUT2D eigenvalue weighted by molar-refractivity contribution is 6.74. The van der Waals surface area contributed by atoms with Gasteiger partial charge in [-0.15, -0.1) is 0 Å². The number of hydrogen-bond acceptors (Lipinski definition) is 5. The van der Waals surface area contributed by atoms with Gasteiger partial charge in [0.05, 0.1) is 24.9 Å². The van der Waals surface area contributed by atoms with Gasteiger partial charge < -0.3 is 18.3 Å². The van der Waals surface area contributed by atoms with Gasteiger partial charge in [0.1, 0.15) is 0 Å². The van der Waals surface area contributed by atoms with Crippen molar-refractivity contribution in [3.63, 3.8) is 0 Å². The van der Waals surface area contributed by atoms with Crippen LogP contribution in [0.25, 0.3) is 0 Å². The second-order valence-corrected chi connectivity index (χ2v) is 24.1. The van der Waals surface area contributed by atoms with Gasteiger partial charge in [0.25, 0.3) is 0 Å². The summed E-state index contributed by atoms with van der Waals surface area (Å²) in [7, 11) is -2.40. The van der Waals surface area contributed by atoms with Crippen LogP contribution in [0.5, 0.6) is 0 Å². The topological polar surface area (TPSA) is 54.0 Å². The van der Waals surface area contributed by atoms with Crippen molar-refractivity contribution in [2.24, 2.45) is 17.8 Å². The van der Waals surface area contributed by atoms with Crippen LogP contribution in [0.15, 0.2) is 24.3 Å². The Morgan fingerprint density at radius 2 is 1.38 bits per heavy atom. The molecule has 0 aliphatic heterocycles. The van der Waals surface area contributed by atoms with Gasteiger partial charge in [0.2, 0.25) is 0 Å². The second-order valence-electron chi connectivity index (χ2n) is 14.6. The number of carbonyl (C=O) groups is 1. The summed E-state index contributed by atoms with van der Waals surface area (Å²) < 4.78 is 25.8. The maximum Gasteiger partial charge on any atom is 0.330 e. The van der Waals surface area contributed by atoms with E-state index >= 15 is 0 Å². The fourth-order valence-electron chi connectivity index (χ4n) is 4.60. The highest BCUT2D eigenvalue weighted by atomic mass is 28.4. The van der Waals surface area contributed by atoms with E-state index in [1.807, 2.05) is 20.1 Å². The molecule has 0 bridgehead atoms. The molecule has 40 heavy (non-hydrogen) atoms. The third-order valence-corrected chi connectivity index (χ3v) is 18.4. The number of esters is 1. The van der Waals surface area contributed by atoms with Crippen LogP contribution in [0.2, 0.25) is 36.3 Å². The number of rotatable bonds is 17. The molecule has 0 aliphatic carbocycles. The molecule has 0 N–H and O–H groups in total. The van der Waals surface area contributed by atoms with Crippen molar-refractivity contribution < 1.29 is 23.1 Å². The van der Waals surface area contributed by atoms with Crippen molar-refractivity contribution in [1.29, 1.82) is 0 Å². The zero-order valence-corrected chi connectivity index (χ0v) is 31.1. The molecular weight excluding hydrogens is 533 g/mol. The first-order valence-electron chi connectivity index (χ1n) is 15.5. The molecule has 0 aromatic carbocycles. The summed E-state index contributed by atoms with van der Waals surface area (Å²) in [6.45, 7) is 34.0. The standard InChI is InChI=1S/C33H66O5Si2/c1-17-20-21-25(4)31(35-12)26(5)28(37-39(13,14)32(6,7)8)24-29(38-40(15,16)33(9,10)11)27(18-2)22-23-30(34)36-19-3/h17,20,22-23,25-29,31H,18-19,21,24H2,1-16H3/b20-17+,23-22-/t25-,26-,27+,28+,29+,31+/m0/s1. The van der Waals surface area contributed by atoms with Crippen LogP contribution in [0.1, 0.15) is 95.4 Å². The Bertz CT molecular complexity index is 792. The molecule has 236 valence electrons. The maximum absolute atomic E-state index is 12.3. The van der Waals surface area contributed by atoms with Crippen LogP contribution < -0.4 is 0 Å². The molecule has 0 amide bonds. The molecule has 0 heterocycles. The quantitative estimate of drug-likeness (QED) is 0.0722. The molecule has 0 saturated carbocycles. The van der Waals surface area contributed by atoms with Crippen LogP contribution in [0.4, 0.5) is 0 Å². The molecule has 6 atom stereocenters. The van der Waals surface area contributed by atoms with Gasteiger partial charge in [-0.1, -0.05) is 80.5 Å². The van der Waals surface area contributed by atoms with E-state index in [4.69, 9.17) is 18.3 Å². The largest absolute Gasteiger partial charge is 0.463 e. The summed E-state index contributed by atoms with van der Waals surface area (Å²) in [5.74, 6) is 0.285. The fourth-order valence-corrected chi connectivity index (χ4v) is 7.40. The van der Waals surface area contributed by atoms with Gasteiger partial charge in [-0.2, -0.15) is 0 Å². The smallest absolute Gasteiger partial charge is 0.330 e. The predicted octanol–water partition coefficient (Wildman–Crippen LogP) is 9.56. The Kier molecular flexibility index (Phi) is 16.5. The van der Waals surface area contributed by atoms with Crippen molar-refractivity contribution in [2.45, 2.75) is 150 Å². The van der Waals surface area contributed by atoms with Gasteiger partial charge in [-0.05, 0) is 75.3 Å². The third-order valence-electron chi connectivity index (χ3n) is 9.37. The van der Waals surface area contributed by atoms with Crippen LogP contribution in [-0.2, 0) is 23.1 Å². The van der Waals surface area contributed by atoms with E-state index in [0.29, 0.717) is 12.5 Å². The van der Waals surface area contributed by atoms with Gasteiger partial charge in [-0.25, -0.2) is 4.79 Å². The Balaban J connectivity index is 6.74. The zero-order valence-electron chi connectivity index (χ0n) is 29.1. The summed E-state index contributed by atoms with van der Waals surface area (Å²) in [5, 5.41) is 0.139. The van der Waals surface area contributed by atoms with Crippen LogP contribution in [0, 0.1) is 17.8 Å². The minimum atomic E-state index is -2.12. The highest BCUT2D eigenvalue weighted by Crippen LogP contribution is 2.43. The average molecular weight is 599 g/mol. The first-order chi connectivity index (χ1) is 18.2. The molecule has 0 aliphatic rings. The van der Waals surface area contributed by atoms with Crippen molar-refractivity contribution in [3.05, 3.63) is 24.3 Å². The van der Waals surface area contributed by atoms with E-state index in [1.54, 1.807) is 6.08 Å². The van der Waals surface area contributed by atoms with Gasteiger partial charge in [0, 0.05) is 25.0 Å². The van der Waals surface area contributed by atoms with E-state index < -0.39 is 16.6 Å². The molecule has 0 aromatic heterocycles. The zero-order chi connectivity index (χ0) is 31.5. The Morgan fingerprint density at radius 1 is 0.875 bits per heavy atom. The number of hydrogen-bond donors (Lipinski definition) is 0. The summed E-state index contributed by atoms with van der Waals surface area (Å²) in [6.07, 6.45) is 10.4. The predicted molar refractivity (Wildman–Crippen MR) is 177 cm³/mol. The lowest BCUT2D eigenvalue weighted by Crippen LogP contribution is -2.51. The minimum Gasteiger partial charge on any atom is -0.463 e. The Labute approximate surface area is 251 Å². The summed E-state index contributed by atoms with van der Waals surface area (Å²) in [5.41, 5.74) is 0. The lowest BCUT2D eigenvalue weighted by Gasteiger charge is -2.46. The molecule has 0 fully saturated rings. The number of ether oxygens (including phenoxy) is 2. The minimum absolute atomic E-state index is 0.0429. The van der Waals surface area contributed by atoms with E-state index in [2.05, 4.69) is 108 Å². The third kappa shape index (κ3) is 12.2. The van der Waals surface area contributed by atoms with E-state index in [-0.39, 0.29) is 46.2 Å². The summed E-state index contributed by atoms with van der Waals surface area (Å²) >= 11 is 0. The van der Waals surface area contributed by atoms with Crippen LogP contribution >= 0.6 is 0 Å². The van der Waals surface area contributed by atoms with Crippen molar-refractivity contribution in [1.82, 2.24) is 0 Å². The van der Waals surface area contributed by atoms with Crippen molar-refractivity contribution in [3.8, 4) is 0 Å². The molecule has 0 spiro atoms. The van der Waals surface area contributed by atoms with Crippen LogP contribution in [0.3, 0.4) is 0 Å². The molecule has 0 saturated heterocycles. The molecule has 0 radical (unpaired) electrons. The van der Waals surface area contributed by atoms with Gasteiger partial charge in [0.15, 0.2) is 16.6 Å². The Morgan fingerprint density at radius 3 is 1.77 bits per heavy atom. The highest BCUT2D eigenvalue weighted by Gasteiger charge is 2.45. The van der Waals surface area contributed by atoms with Gasteiger partial charge in [-0.3, -0.25) is 0 Å².